The second-order valence-electron chi connectivity index (χ2n) is 6.78. The fraction of sp³-hybridized carbons (Fsp3) is 0. The first-order chi connectivity index (χ1) is 15.2. The summed E-state index contributed by atoms with van der Waals surface area (Å²) in [5.74, 6) is 0.501. The van der Waals surface area contributed by atoms with Gasteiger partial charge in [-0.25, -0.2) is 9.78 Å². The number of nitrogen functional groups attached to an aromatic ring is 1. The molecule has 8 heteroatoms. The van der Waals surface area contributed by atoms with Crippen molar-refractivity contribution in [1.82, 2.24) is 9.97 Å². The van der Waals surface area contributed by atoms with Gasteiger partial charge in [-0.05, 0) is 58.3 Å². The van der Waals surface area contributed by atoms with Gasteiger partial charge < -0.3 is 11.1 Å². The SMILES string of the molecule is Nc1ncc(-c2ccncc2)c2scc(-c3ccc(NC(=O)Nc4cccs4)cc3)c12. The molecule has 2 amide bonds. The van der Waals surface area contributed by atoms with E-state index < -0.39 is 0 Å². The lowest BCUT2D eigenvalue weighted by Crippen LogP contribution is -2.18. The molecule has 0 atom stereocenters. The maximum absolute atomic E-state index is 12.1. The smallest absolute Gasteiger partial charge is 0.324 e. The molecule has 4 heterocycles. The number of hydrogen-bond donors (Lipinski definition) is 3. The van der Waals surface area contributed by atoms with Gasteiger partial charge >= 0.3 is 6.03 Å². The fourth-order valence-electron chi connectivity index (χ4n) is 3.37. The van der Waals surface area contributed by atoms with Gasteiger partial charge in [0.25, 0.3) is 0 Å². The quantitative estimate of drug-likeness (QED) is 0.303. The van der Waals surface area contributed by atoms with Gasteiger partial charge in [0.2, 0.25) is 0 Å². The molecule has 6 nitrogen and oxygen atoms in total. The Morgan fingerprint density at radius 3 is 2.42 bits per heavy atom. The van der Waals surface area contributed by atoms with Gasteiger partial charge in [-0.3, -0.25) is 10.3 Å². The minimum absolute atomic E-state index is 0.272. The summed E-state index contributed by atoms with van der Waals surface area (Å²) in [6.07, 6.45) is 5.35. The van der Waals surface area contributed by atoms with Gasteiger partial charge in [0, 0.05) is 45.5 Å². The van der Waals surface area contributed by atoms with Crippen LogP contribution < -0.4 is 16.4 Å². The molecule has 0 unspecified atom stereocenters. The molecule has 4 aromatic heterocycles. The Balaban J connectivity index is 1.44. The summed E-state index contributed by atoms with van der Waals surface area (Å²) < 4.78 is 1.09. The molecule has 5 aromatic rings. The van der Waals surface area contributed by atoms with Crippen LogP contribution >= 0.6 is 22.7 Å². The largest absolute Gasteiger partial charge is 0.383 e. The number of nitrogens with one attached hydrogen (secondary N) is 2. The van der Waals surface area contributed by atoms with Crippen molar-refractivity contribution in [3.05, 3.63) is 77.9 Å². The maximum atomic E-state index is 12.1. The van der Waals surface area contributed by atoms with Crippen LogP contribution in [0, 0.1) is 0 Å². The molecule has 31 heavy (non-hydrogen) atoms. The van der Waals surface area contributed by atoms with Crippen LogP contribution in [-0.4, -0.2) is 16.0 Å². The Morgan fingerprint density at radius 1 is 0.903 bits per heavy atom. The van der Waals surface area contributed by atoms with Crippen molar-refractivity contribution in [3.8, 4) is 22.3 Å². The molecule has 4 N–H and O–H groups in total. The van der Waals surface area contributed by atoms with Crippen LogP contribution in [0.25, 0.3) is 32.3 Å². The number of aromatic nitrogens is 2. The highest BCUT2D eigenvalue weighted by Crippen LogP contribution is 2.41. The van der Waals surface area contributed by atoms with Gasteiger partial charge in [0.15, 0.2) is 0 Å². The van der Waals surface area contributed by atoms with Gasteiger partial charge in [-0.15, -0.1) is 22.7 Å². The van der Waals surface area contributed by atoms with Crippen LogP contribution in [0.15, 0.2) is 77.9 Å². The molecule has 0 radical (unpaired) electrons. The molecular formula is C23H17N5OS2. The van der Waals surface area contributed by atoms with Crippen molar-refractivity contribution in [3.63, 3.8) is 0 Å². The van der Waals surface area contributed by atoms with E-state index in [-0.39, 0.29) is 6.03 Å². The average molecular weight is 444 g/mol. The molecule has 5 rings (SSSR count). The van der Waals surface area contributed by atoms with Gasteiger partial charge in [-0.2, -0.15) is 0 Å². The summed E-state index contributed by atoms with van der Waals surface area (Å²) in [6.45, 7) is 0. The number of benzene rings is 1. The predicted molar refractivity (Wildman–Crippen MR) is 130 cm³/mol. The van der Waals surface area contributed by atoms with Gasteiger partial charge in [0.05, 0.1) is 5.00 Å². The standard InChI is InChI=1S/C23H17N5OS2/c24-22-20-18(13-31-21(20)17(12-26-22)15-7-9-25-10-8-15)14-3-5-16(6-4-14)27-23(29)28-19-2-1-11-30-19/h1-13H,(H2,24,26)(H2,27,28,29). The van der Waals surface area contributed by atoms with E-state index in [1.165, 1.54) is 11.3 Å². The number of anilines is 3. The third-order valence-corrected chi connectivity index (χ3v) is 6.63. The molecule has 0 saturated heterocycles. The number of fused-ring (bicyclic) bond motifs is 1. The number of nitrogens with zero attached hydrogens (tertiary/aromatic N) is 2. The summed E-state index contributed by atoms with van der Waals surface area (Å²) in [5, 5.41) is 11.4. The summed E-state index contributed by atoms with van der Waals surface area (Å²) in [5.41, 5.74) is 11.1. The van der Waals surface area contributed by atoms with Crippen LogP contribution in [0.5, 0.6) is 0 Å². The maximum Gasteiger partial charge on any atom is 0.324 e. The third kappa shape index (κ3) is 3.86. The van der Waals surface area contributed by atoms with Crippen LogP contribution in [0.2, 0.25) is 0 Å². The van der Waals surface area contributed by atoms with Gasteiger partial charge in [-0.1, -0.05) is 12.1 Å². The van der Waals surface area contributed by atoms with Crippen LogP contribution in [0.1, 0.15) is 0 Å². The number of carbonyl (C=O) groups excluding carboxylic acids is 1. The van der Waals surface area contributed by atoms with Crippen LogP contribution in [0.3, 0.4) is 0 Å². The van der Waals surface area contributed by atoms with Crippen molar-refractivity contribution < 1.29 is 4.79 Å². The Kier molecular flexibility index (Phi) is 5.07. The van der Waals surface area contributed by atoms with E-state index in [1.54, 1.807) is 23.7 Å². The van der Waals surface area contributed by atoms with E-state index in [1.807, 2.05) is 60.1 Å². The Hall–Kier alpha value is -3.75. The van der Waals surface area contributed by atoms with Crippen molar-refractivity contribution in [1.29, 1.82) is 0 Å². The molecular weight excluding hydrogens is 426 g/mol. The minimum Gasteiger partial charge on any atom is -0.383 e. The van der Waals surface area contributed by atoms with E-state index in [4.69, 9.17) is 5.73 Å². The fourth-order valence-corrected chi connectivity index (χ4v) is 5.11. The topological polar surface area (TPSA) is 92.9 Å². The number of carbonyl (C=O) groups is 1. The minimum atomic E-state index is -0.272. The lowest BCUT2D eigenvalue weighted by atomic mass is 10.0. The molecule has 152 valence electrons. The first kappa shape index (κ1) is 19.2. The first-order valence-electron chi connectivity index (χ1n) is 9.47. The van der Waals surface area contributed by atoms with E-state index >= 15 is 0 Å². The number of amides is 2. The summed E-state index contributed by atoms with van der Waals surface area (Å²) in [7, 11) is 0. The van der Waals surface area contributed by atoms with Crippen molar-refractivity contribution in [2.24, 2.45) is 0 Å². The number of pyridine rings is 2. The highest BCUT2D eigenvalue weighted by Gasteiger charge is 2.15. The van der Waals surface area contributed by atoms with E-state index in [0.717, 1.165) is 37.3 Å². The zero-order valence-electron chi connectivity index (χ0n) is 16.2. The molecule has 0 aliphatic carbocycles. The second-order valence-corrected chi connectivity index (χ2v) is 8.61. The van der Waals surface area contributed by atoms with Crippen LogP contribution in [-0.2, 0) is 0 Å². The van der Waals surface area contributed by atoms with E-state index in [2.05, 4.69) is 26.0 Å². The number of nitrogens with two attached hydrogens (primary N) is 1. The Labute approximate surface area is 186 Å². The molecule has 0 aliphatic heterocycles. The molecule has 0 bridgehead atoms. The monoisotopic (exact) mass is 443 g/mol. The van der Waals surface area contributed by atoms with Crippen molar-refractivity contribution in [2.45, 2.75) is 0 Å². The molecule has 0 fully saturated rings. The number of thiophene rings is 2. The molecule has 0 saturated carbocycles. The van der Waals surface area contributed by atoms with Gasteiger partial charge in [0.1, 0.15) is 5.82 Å². The third-order valence-electron chi connectivity index (χ3n) is 4.83. The van der Waals surface area contributed by atoms with E-state index in [0.29, 0.717) is 11.5 Å². The number of hydrogen-bond acceptors (Lipinski definition) is 6. The number of rotatable bonds is 4. The summed E-state index contributed by atoms with van der Waals surface area (Å²) in [6, 6.07) is 15.1. The summed E-state index contributed by atoms with van der Waals surface area (Å²) in [4.78, 5) is 20.7. The van der Waals surface area contributed by atoms with E-state index in [9.17, 15) is 4.79 Å². The molecule has 1 aromatic carbocycles. The Bertz CT molecular complexity index is 1350. The molecule has 0 spiro atoms. The summed E-state index contributed by atoms with van der Waals surface area (Å²) >= 11 is 3.11. The Morgan fingerprint density at radius 2 is 1.68 bits per heavy atom. The first-order valence-corrected chi connectivity index (χ1v) is 11.2. The normalized spacial score (nSPS) is 10.8. The lowest BCUT2D eigenvalue weighted by Gasteiger charge is -2.08. The highest BCUT2D eigenvalue weighted by atomic mass is 32.1. The molecule has 0 aliphatic rings. The average Bonchev–Trinajstić information content (AvgIpc) is 3.46. The lowest BCUT2D eigenvalue weighted by molar-refractivity contribution is 0.262. The highest BCUT2D eigenvalue weighted by molar-refractivity contribution is 7.18. The van der Waals surface area contributed by atoms with Crippen molar-refractivity contribution >= 4 is 55.3 Å². The number of urea groups is 1. The zero-order valence-corrected chi connectivity index (χ0v) is 17.8. The second kappa shape index (κ2) is 8.17. The van der Waals surface area contributed by atoms with Crippen molar-refractivity contribution in [2.75, 3.05) is 16.4 Å². The predicted octanol–water partition coefficient (Wildman–Crippen LogP) is 6.31. The van der Waals surface area contributed by atoms with Crippen LogP contribution in [0.4, 0.5) is 21.3 Å². The zero-order chi connectivity index (χ0) is 21.2.